The maximum atomic E-state index is 10.5. The molecule has 0 heterocycles. The summed E-state index contributed by atoms with van der Waals surface area (Å²) in [6.45, 7) is 3.74. The Balaban J connectivity index is 3.77. The molecular formula is C9H17N3O2. The molecule has 0 saturated heterocycles. The minimum absolute atomic E-state index is 0.286. The first-order chi connectivity index (χ1) is 6.43. The fraction of sp³-hybridized carbons (Fsp3) is 0.667. The zero-order valence-corrected chi connectivity index (χ0v) is 8.58. The van der Waals surface area contributed by atoms with Crippen LogP contribution in [0.3, 0.4) is 0 Å². The average molecular weight is 199 g/mol. The molecule has 0 aromatic heterocycles. The molecule has 1 unspecified atom stereocenters. The standard InChI is InChI=1S/C9H17N3O2/c1-6(9(13)14)5-8(11)3-4-12-7(2)10/h6,11H,3-5H2,1-2H3,(H2,10,12)(H,13,14). The summed E-state index contributed by atoms with van der Waals surface area (Å²) in [7, 11) is 0. The number of rotatable bonds is 6. The van der Waals surface area contributed by atoms with Crippen LogP contribution >= 0.6 is 0 Å². The Morgan fingerprint density at radius 1 is 1.64 bits per heavy atom. The van der Waals surface area contributed by atoms with Crippen molar-refractivity contribution in [3.63, 3.8) is 0 Å². The number of amidine groups is 1. The molecule has 0 spiro atoms. The minimum Gasteiger partial charge on any atom is -0.481 e. The molecule has 0 bridgehead atoms. The number of carboxylic acids is 1. The lowest BCUT2D eigenvalue weighted by Crippen LogP contribution is -2.15. The number of carbonyl (C=O) groups is 1. The Bertz CT molecular complexity index is 244. The van der Waals surface area contributed by atoms with E-state index in [1.807, 2.05) is 0 Å². The molecule has 0 fully saturated rings. The van der Waals surface area contributed by atoms with E-state index in [9.17, 15) is 4.79 Å². The molecule has 0 aliphatic rings. The first kappa shape index (κ1) is 12.6. The van der Waals surface area contributed by atoms with Gasteiger partial charge in [-0.1, -0.05) is 6.92 Å². The Kier molecular flexibility index (Phi) is 5.52. The van der Waals surface area contributed by atoms with Gasteiger partial charge in [0.05, 0.1) is 11.8 Å². The van der Waals surface area contributed by atoms with E-state index in [1.54, 1.807) is 13.8 Å². The first-order valence-electron chi connectivity index (χ1n) is 4.49. The number of carboxylic acid groups (broad SMARTS) is 1. The third-order valence-corrected chi connectivity index (χ3v) is 1.75. The maximum Gasteiger partial charge on any atom is 0.306 e. The zero-order valence-electron chi connectivity index (χ0n) is 8.58. The first-order valence-corrected chi connectivity index (χ1v) is 4.49. The third-order valence-electron chi connectivity index (χ3n) is 1.75. The van der Waals surface area contributed by atoms with Gasteiger partial charge in [-0.3, -0.25) is 9.79 Å². The van der Waals surface area contributed by atoms with Gasteiger partial charge in [-0.15, -0.1) is 0 Å². The van der Waals surface area contributed by atoms with Crippen molar-refractivity contribution in [2.45, 2.75) is 26.7 Å². The van der Waals surface area contributed by atoms with E-state index in [-0.39, 0.29) is 6.42 Å². The van der Waals surface area contributed by atoms with E-state index < -0.39 is 11.9 Å². The fourth-order valence-corrected chi connectivity index (χ4v) is 0.926. The highest BCUT2D eigenvalue weighted by molar-refractivity contribution is 5.86. The number of hydrogen-bond donors (Lipinski definition) is 3. The van der Waals surface area contributed by atoms with Gasteiger partial charge in [0.25, 0.3) is 0 Å². The predicted octanol–water partition coefficient (Wildman–Crippen LogP) is 0.884. The minimum atomic E-state index is -0.867. The molecule has 14 heavy (non-hydrogen) atoms. The smallest absolute Gasteiger partial charge is 0.306 e. The highest BCUT2D eigenvalue weighted by atomic mass is 16.4. The van der Waals surface area contributed by atoms with E-state index in [4.69, 9.17) is 16.2 Å². The van der Waals surface area contributed by atoms with Crippen LogP contribution in [0.2, 0.25) is 0 Å². The van der Waals surface area contributed by atoms with E-state index in [1.165, 1.54) is 0 Å². The van der Waals surface area contributed by atoms with Crippen LogP contribution in [0, 0.1) is 11.3 Å². The van der Waals surface area contributed by atoms with Gasteiger partial charge in [0.15, 0.2) is 0 Å². The topological polar surface area (TPSA) is 99.5 Å². The van der Waals surface area contributed by atoms with Crippen LogP contribution in [0.15, 0.2) is 4.99 Å². The van der Waals surface area contributed by atoms with Gasteiger partial charge in [0.2, 0.25) is 0 Å². The largest absolute Gasteiger partial charge is 0.481 e. The molecular weight excluding hydrogens is 182 g/mol. The Hall–Kier alpha value is -1.39. The molecule has 80 valence electrons. The van der Waals surface area contributed by atoms with Gasteiger partial charge in [-0.2, -0.15) is 0 Å². The highest BCUT2D eigenvalue weighted by Crippen LogP contribution is 2.04. The van der Waals surface area contributed by atoms with Crippen LogP contribution in [0.25, 0.3) is 0 Å². The van der Waals surface area contributed by atoms with Crippen molar-refractivity contribution in [3.8, 4) is 0 Å². The summed E-state index contributed by atoms with van der Waals surface area (Å²) < 4.78 is 0. The highest BCUT2D eigenvalue weighted by Gasteiger charge is 2.12. The number of nitrogens with one attached hydrogen (secondary N) is 1. The van der Waals surface area contributed by atoms with Crippen molar-refractivity contribution in [2.75, 3.05) is 6.54 Å². The van der Waals surface area contributed by atoms with Crippen molar-refractivity contribution in [1.82, 2.24) is 0 Å². The third kappa shape index (κ3) is 6.16. The molecule has 0 aromatic carbocycles. The monoisotopic (exact) mass is 199 g/mol. The van der Waals surface area contributed by atoms with E-state index in [2.05, 4.69) is 4.99 Å². The lowest BCUT2D eigenvalue weighted by atomic mass is 10.0. The van der Waals surface area contributed by atoms with E-state index in [0.29, 0.717) is 24.5 Å². The summed E-state index contributed by atoms with van der Waals surface area (Å²) in [5, 5.41) is 16.1. The summed E-state index contributed by atoms with van der Waals surface area (Å²) in [6, 6.07) is 0. The van der Waals surface area contributed by atoms with Gasteiger partial charge >= 0.3 is 5.97 Å². The van der Waals surface area contributed by atoms with E-state index in [0.717, 1.165) is 0 Å². The van der Waals surface area contributed by atoms with Crippen molar-refractivity contribution in [3.05, 3.63) is 0 Å². The van der Waals surface area contributed by atoms with Crippen LogP contribution < -0.4 is 5.73 Å². The van der Waals surface area contributed by atoms with Crippen LogP contribution in [0.1, 0.15) is 26.7 Å². The average Bonchev–Trinajstić information content (AvgIpc) is 2.02. The van der Waals surface area contributed by atoms with Crippen molar-refractivity contribution >= 4 is 17.5 Å². The molecule has 5 heteroatoms. The quantitative estimate of drug-likeness (QED) is 0.437. The van der Waals surface area contributed by atoms with Crippen molar-refractivity contribution < 1.29 is 9.90 Å². The van der Waals surface area contributed by atoms with Crippen LogP contribution in [-0.4, -0.2) is 29.2 Å². The predicted molar refractivity (Wildman–Crippen MR) is 55.9 cm³/mol. The van der Waals surface area contributed by atoms with Gasteiger partial charge in [0, 0.05) is 18.7 Å². The van der Waals surface area contributed by atoms with Crippen LogP contribution in [0.5, 0.6) is 0 Å². The molecule has 0 rings (SSSR count). The summed E-state index contributed by atoms with van der Waals surface area (Å²) >= 11 is 0. The number of hydrogen-bond acceptors (Lipinski definition) is 3. The van der Waals surface area contributed by atoms with Crippen molar-refractivity contribution in [2.24, 2.45) is 16.6 Å². The molecule has 0 amide bonds. The Morgan fingerprint density at radius 2 is 2.21 bits per heavy atom. The Labute approximate surface area is 83.5 Å². The molecule has 0 aromatic rings. The van der Waals surface area contributed by atoms with Gasteiger partial charge in [0.1, 0.15) is 0 Å². The number of nitrogens with two attached hydrogens (primary N) is 1. The van der Waals surface area contributed by atoms with Crippen LogP contribution in [-0.2, 0) is 4.79 Å². The lowest BCUT2D eigenvalue weighted by Gasteiger charge is -2.06. The van der Waals surface area contributed by atoms with Gasteiger partial charge in [-0.05, 0) is 13.3 Å². The summed E-state index contributed by atoms with van der Waals surface area (Å²) in [5.41, 5.74) is 5.72. The summed E-state index contributed by atoms with van der Waals surface area (Å²) in [4.78, 5) is 14.4. The molecule has 0 aliphatic carbocycles. The molecule has 0 saturated carbocycles. The SMILES string of the molecule is CC(N)=NCCC(=N)CC(C)C(=O)O. The molecule has 5 nitrogen and oxygen atoms in total. The van der Waals surface area contributed by atoms with Gasteiger partial charge < -0.3 is 16.2 Å². The number of aliphatic carboxylic acids is 1. The second-order valence-corrected chi connectivity index (χ2v) is 3.32. The molecule has 1 atom stereocenters. The normalized spacial score (nSPS) is 13.7. The molecule has 0 radical (unpaired) electrons. The molecule has 4 N–H and O–H groups in total. The number of aliphatic imine (C=N–C) groups is 1. The van der Waals surface area contributed by atoms with Gasteiger partial charge in [-0.25, -0.2) is 0 Å². The second-order valence-electron chi connectivity index (χ2n) is 3.32. The second kappa shape index (κ2) is 6.12. The van der Waals surface area contributed by atoms with Crippen LogP contribution in [0.4, 0.5) is 0 Å². The zero-order chi connectivity index (χ0) is 11.1. The Morgan fingerprint density at radius 3 is 2.64 bits per heavy atom. The fourth-order valence-electron chi connectivity index (χ4n) is 0.926. The summed E-state index contributed by atoms with van der Waals surface area (Å²) in [6.07, 6.45) is 0.765. The van der Waals surface area contributed by atoms with E-state index >= 15 is 0 Å². The molecule has 0 aliphatic heterocycles. The number of nitrogens with zero attached hydrogens (tertiary/aromatic N) is 1. The maximum absolute atomic E-state index is 10.5. The van der Waals surface area contributed by atoms with Crippen molar-refractivity contribution in [1.29, 1.82) is 5.41 Å². The lowest BCUT2D eigenvalue weighted by molar-refractivity contribution is -0.140. The summed E-state index contributed by atoms with van der Waals surface area (Å²) in [5.74, 6) is -0.872.